The Hall–Kier alpha value is -2.27. The first-order valence-electron chi connectivity index (χ1n) is 8.67. The standard InChI is InChI=1S/C20H27N3OS/c1-3-23(18-8-5-4-6-9-18)15-7-14-21-20(25)22-16-17-10-12-19(24-2)13-11-17/h4-6,8-13H,3,7,14-16H2,1-2H3,(H2,21,22,25). The number of hydrogen-bond acceptors (Lipinski definition) is 3. The highest BCUT2D eigenvalue weighted by Gasteiger charge is 2.03. The van der Waals surface area contributed by atoms with Crippen LogP contribution in [0, 0.1) is 0 Å². The molecule has 0 fully saturated rings. The molecule has 0 aliphatic rings. The minimum absolute atomic E-state index is 0.693. The molecule has 0 spiro atoms. The largest absolute Gasteiger partial charge is 0.497 e. The van der Waals surface area contributed by atoms with Gasteiger partial charge in [0, 0.05) is 31.9 Å². The van der Waals surface area contributed by atoms with Gasteiger partial charge in [0.15, 0.2) is 5.11 Å². The van der Waals surface area contributed by atoms with Gasteiger partial charge in [-0.15, -0.1) is 0 Å². The van der Waals surface area contributed by atoms with Crippen molar-refractivity contribution in [3.05, 3.63) is 60.2 Å². The predicted molar refractivity (Wildman–Crippen MR) is 109 cm³/mol. The summed E-state index contributed by atoms with van der Waals surface area (Å²) < 4.78 is 5.16. The molecular formula is C20H27N3OS. The van der Waals surface area contributed by atoms with Crippen LogP contribution in [0.2, 0.25) is 0 Å². The Morgan fingerprint density at radius 3 is 2.40 bits per heavy atom. The molecule has 5 heteroatoms. The number of nitrogens with zero attached hydrogens (tertiary/aromatic N) is 1. The van der Waals surface area contributed by atoms with Crippen LogP contribution in [0.5, 0.6) is 5.75 Å². The second-order valence-electron chi connectivity index (χ2n) is 5.73. The van der Waals surface area contributed by atoms with E-state index in [0.29, 0.717) is 11.7 Å². The third kappa shape index (κ3) is 6.63. The number of anilines is 1. The zero-order valence-electron chi connectivity index (χ0n) is 15.0. The molecule has 0 saturated carbocycles. The van der Waals surface area contributed by atoms with E-state index >= 15 is 0 Å². The van der Waals surface area contributed by atoms with Crippen molar-refractivity contribution in [3.8, 4) is 5.75 Å². The molecule has 25 heavy (non-hydrogen) atoms. The zero-order valence-corrected chi connectivity index (χ0v) is 15.8. The number of ether oxygens (including phenoxy) is 1. The van der Waals surface area contributed by atoms with Crippen molar-refractivity contribution in [2.75, 3.05) is 31.6 Å². The number of rotatable bonds is 9. The summed E-state index contributed by atoms with van der Waals surface area (Å²) in [7, 11) is 1.67. The van der Waals surface area contributed by atoms with E-state index in [0.717, 1.165) is 31.8 Å². The average Bonchev–Trinajstić information content (AvgIpc) is 2.67. The average molecular weight is 358 g/mol. The van der Waals surface area contributed by atoms with Gasteiger partial charge in [-0.1, -0.05) is 30.3 Å². The minimum atomic E-state index is 0.693. The van der Waals surface area contributed by atoms with E-state index in [9.17, 15) is 0 Å². The Morgan fingerprint density at radius 2 is 1.76 bits per heavy atom. The first-order valence-corrected chi connectivity index (χ1v) is 9.08. The molecular weight excluding hydrogens is 330 g/mol. The minimum Gasteiger partial charge on any atom is -0.497 e. The Bertz CT molecular complexity index is 631. The topological polar surface area (TPSA) is 36.5 Å². The van der Waals surface area contributed by atoms with E-state index in [4.69, 9.17) is 17.0 Å². The first-order chi connectivity index (χ1) is 12.2. The van der Waals surface area contributed by atoms with Gasteiger partial charge in [-0.3, -0.25) is 0 Å². The molecule has 2 rings (SSSR count). The van der Waals surface area contributed by atoms with Gasteiger partial charge in [0.1, 0.15) is 5.75 Å². The summed E-state index contributed by atoms with van der Waals surface area (Å²) >= 11 is 5.34. The van der Waals surface area contributed by atoms with Gasteiger partial charge < -0.3 is 20.3 Å². The van der Waals surface area contributed by atoms with Crippen LogP contribution in [0.3, 0.4) is 0 Å². The highest BCUT2D eigenvalue weighted by Crippen LogP contribution is 2.13. The van der Waals surface area contributed by atoms with Gasteiger partial charge in [-0.25, -0.2) is 0 Å². The van der Waals surface area contributed by atoms with E-state index in [1.807, 2.05) is 30.3 Å². The van der Waals surface area contributed by atoms with Crippen LogP contribution in [0.25, 0.3) is 0 Å². The monoisotopic (exact) mass is 357 g/mol. The summed E-state index contributed by atoms with van der Waals surface area (Å²) in [6.45, 7) is 5.76. The molecule has 2 aromatic carbocycles. The Labute approximate surface area is 156 Å². The molecule has 0 amide bonds. The third-order valence-electron chi connectivity index (χ3n) is 4.01. The molecule has 0 aromatic heterocycles. The van der Waals surface area contributed by atoms with Crippen molar-refractivity contribution in [1.82, 2.24) is 10.6 Å². The van der Waals surface area contributed by atoms with Crippen molar-refractivity contribution in [3.63, 3.8) is 0 Å². The maximum atomic E-state index is 5.34. The van der Waals surface area contributed by atoms with Gasteiger partial charge in [-0.2, -0.15) is 0 Å². The number of hydrogen-bond donors (Lipinski definition) is 2. The molecule has 0 saturated heterocycles. The zero-order chi connectivity index (χ0) is 17.9. The lowest BCUT2D eigenvalue weighted by Gasteiger charge is -2.23. The van der Waals surface area contributed by atoms with Gasteiger partial charge >= 0.3 is 0 Å². The third-order valence-corrected chi connectivity index (χ3v) is 4.29. The second-order valence-corrected chi connectivity index (χ2v) is 6.13. The first kappa shape index (κ1) is 19.1. The van der Waals surface area contributed by atoms with Crippen LogP contribution in [0.15, 0.2) is 54.6 Å². The summed E-state index contributed by atoms with van der Waals surface area (Å²) in [4.78, 5) is 2.37. The van der Waals surface area contributed by atoms with Crippen LogP contribution in [0.4, 0.5) is 5.69 Å². The molecule has 0 aliphatic heterocycles. The fourth-order valence-corrected chi connectivity index (χ4v) is 2.74. The Balaban J connectivity index is 1.64. The summed E-state index contributed by atoms with van der Waals surface area (Å²) in [6, 6.07) is 18.5. The smallest absolute Gasteiger partial charge is 0.166 e. The molecule has 0 aliphatic carbocycles. The molecule has 0 bridgehead atoms. The van der Waals surface area contributed by atoms with Gasteiger partial charge in [-0.05, 0) is 55.4 Å². The fraction of sp³-hybridized carbons (Fsp3) is 0.350. The fourth-order valence-electron chi connectivity index (χ4n) is 2.57. The Morgan fingerprint density at radius 1 is 1.04 bits per heavy atom. The highest BCUT2D eigenvalue weighted by atomic mass is 32.1. The van der Waals surface area contributed by atoms with Crippen molar-refractivity contribution in [1.29, 1.82) is 0 Å². The number of nitrogens with one attached hydrogen (secondary N) is 2. The number of thiocarbonyl (C=S) groups is 1. The SMILES string of the molecule is CCN(CCCNC(=S)NCc1ccc(OC)cc1)c1ccccc1. The molecule has 0 radical (unpaired) electrons. The molecule has 2 N–H and O–H groups in total. The second kappa shape index (κ2) is 10.6. The van der Waals surface area contributed by atoms with Crippen LogP contribution in [0.1, 0.15) is 18.9 Å². The maximum absolute atomic E-state index is 5.34. The van der Waals surface area contributed by atoms with Crippen molar-refractivity contribution >= 4 is 23.0 Å². The predicted octanol–water partition coefficient (Wildman–Crippen LogP) is 3.58. The Kier molecular flexibility index (Phi) is 8.05. The van der Waals surface area contributed by atoms with Gasteiger partial charge in [0.2, 0.25) is 0 Å². The quantitative estimate of drug-likeness (QED) is 0.530. The highest BCUT2D eigenvalue weighted by molar-refractivity contribution is 7.80. The van der Waals surface area contributed by atoms with Crippen molar-refractivity contribution < 1.29 is 4.74 Å². The molecule has 0 heterocycles. The number of para-hydroxylation sites is 1. The van der Waals surface area contributed by atoms with E-state index in [2.05, 4.69) is 46.7 Å². The maximum Gasteiger partial charge on any atom is 0.166 e. The van der Waals surface area contributed by atoms with E-state index in [-0.39, 0.29) is 0 Å². The molecule has 4 nitrogen and oxygen atoms in total. The molecule has 0 atom stereocenters. The van der Waals surface area contributed by atoms with Crippen LogP contribution in [-0.2, 0) is 6.54 Å². The lowest BCUT2D eigenvalue weighted by molar-refractivity contribution is 0.414. The van der Waals surface area contributed by atoms with Gasteiger partial charge in [0.05, 0.1) is 7.11 Å². The molecule has 0 unspecified atom stereocenters. The van der Waals surface area contributed by atoms with Crippen LogP contribution < -0.4 is 20.3 Å². The summed E-state index contributed by atoms with van der Waals surface area (Å²) in [5, 5.41) is 7.20. The number of methoxy groups -OCH3 is 1. The van der Waals surface area contributed by atoms with E-state index < -0.39 is 0 Å². The normalized spacial score (nSPS) is 10.2. The van der Waals surface area contributed by atoms with Gasteiger partial charge in [0.25, 0.3) is 0 Å². The molecule has 2 aromatic rings. The van der Waals surface area contributed by atoms with E-state index in [1.54, 1.807) is 7.11 Å². The summed E-state index contributed by atoms with van der Waals surface area (Å²) in [5.41, 5.74) is 2.44. The lowest BCUT2D eigenvalue weighted by atomic mass is 10.2. The van der Waals surface area contributed by atoms with Crippen molar-refractivity contribution in [2.24, 2.45) is 0 Å². The summed E-state index contributed by atoms with van der Waals surface area (Å²) in [6.07, 6.45) is 1.03. The van der Waals surface area contributed by atoms with E-state index in [1.165, 1.54) is 11.3 Å². The van der Waals surface area contributed by atoms with Crippen molar-refractivity contribution in [2.45, 2.75) is 19.9 Å². The lowest BCUT2D eigenvalue weighted by Crippen LogP contribution is -2.36. The summed E-state index contributed by atoms with van der Waals surface area (Å²) in [5.74, 6) is 0.864. The van der Waals surface area contributed by atoms with Crippen LogP contribution >= 0.6 is 12.2 Å². The molecule has 134 valence electrons. The number of benzene rings is 2. The van der Waals surface area contributed by atoms with Crippen LogP contribution in [-0.4, -0.2) is 31.9 Å².